The minimum Gasteiger partial charge on any atom is -0.374 e. The lowest BCUT2D eigenvalue weighted by atomic mass is 10.1. The number of aromatic nitrogens is 1. The molecule has 2 heterocycles. The Morgan fingerprint density at radius 2 is 2.37 bits per heavy atom. The van der Waals surface area contributed by atoms with E-state index in [0.29, 0.717) is 24.7 Å². The Bertz CT molecular complexity index is 463. The molecule has 1 saturated heterocycles. The van der Waals surface area contributed by atoms with Crippen molar-refractivity contribution in [2.24, 2.45) is 0 Å². The molecule has 1 saturated carbocycles. The standard InChI is InChI=1S/C14H17ClN2O2/c15-13-5-4-10(9-16-13)8-14(18)17-6-7-19-12-3-1-2-11(12)17/h4-5,9,11-12H,1-3,6-8H2/t11-,12+/m1/s1. The number of pyridine rings is 1. The van der Waals surface area contributed by atoms with Crippen molar-refractivity contribution in [3.05, 3.63) is 29.0 Å². The Balaban J connectivity index is 1.67. The number of rotatable bonds is 2. The molecule has 2 fully saturated rings. The fraction of sp³-hybridized carbons (Fsp3) is 0.571. The number of hydrogen-bond acceptors (Lipinski definition) is 3. The SMILES string of the molecule is O=C(Cc1ccc(Cl)nc1)N1CCO[C@H]2CCC[C@H]21. The average Bonchev–Trinajstić information content (AvgIpc) is 2.89. The molecular formula is C14H17ClN2O2. The number of morpholine rings is 1. The van der Waals surface area contributed by atoms with Crippen molar-refractivity contribution in [1.29, 1.82) is 0 Å². The van der Waals surface area contributed by atoms with Crippen LogP contribution >= 0.6 is 11.6 Å². The lowest BCUT2D eigenvalue weighted by Crippen LogP contribution is -2.51. The van der Waals surface area contributed by atoms with Gasteiger partial charge >= 0.3 is 0 Å². The fourth-order valence-electron chi connectivity index (χ4n) is 3.02. The van der Waals surface area contributed by atoms with Crippen molar-refractivity contribution in [3.8, 4) is 0 Å². The number of nitrogens with zero attached hydrogens (tertiary/aromatic N) is 2. The molecule has 1 aliphatic heterocycles. The van der Waals surface area contributed by atoms with Gasteiger partial charge in [0, 0.05) is 12.7 Å². The molecule has 0 unspecified atom stereocenters. The maximum absolute atomic E-state index is 12.4. The van der Waals surface area contributed by atoms with Crippen LogP contribution in [-0.4, -0.2) is 41.1 Å². The maximum Gasteiger partial charge on any atom is 0.227 e. The lowest BCUT2D eigenvalue weighted by Gasteiger charge is -2.37. The Hall–Kier alpha value is -1.13. The molecule has 102 valence electrons. The molecule has 1 aromatic rings. The van der Waals surface area contributed by atoms with E-state index in [1.807, 2.05) is 11.0 Å². The summed E-state index contributed by atoms with van der Waals surface area (Å²) >= 11 is 5.75. The van der Waals surface area contributed by atoms with E-state index in [2.05, 4.69) is 4.98 Å². The molecule has 1 aliphatic carbocycles. The highest BCUT2D eigenvalue weighted by Crippen LogP contribution is 2.30. The minimum absolute atomic E-state index is 0.171. The first-order valence-corrected chi connectivity index (χ1v) is 7.13. The third kappa shape index (κ3) is 2.74. The van der Waals surface area contributed by atoms with E-state index >= 15 is 0 Å². The third-order valence-electron chi connectivity index (χ3n) is 3.95. The Labute approximate surface area is 117 Å². The molecule has 19 heavy (non-hydrogen) atoms. The molecule has 5 heteroatoms. The number of halogens is 1. The van der Waals surface area contributed by atoms with Crippen LogP contribution in [0, 0.1) is 0 Å². The molecule has 0 aromatic carbocycles. The second-order valence-corrected chi connectivity index (χ2v) is 5.55. The fourth-order valence-corrected chi connectivity index (χ4v) is 3.13. The van der Waals surface area contributed by atoms with Gasteiger partial charge in [-0.05, 0) is 30.9 Å². The average molecular weight is 281 g/mol. The number of ether oxygens (including phenoxy) is 1. The lowest BCUT2D eigenvalue weighted by molar-refractivity contribution is -0.143. The molecular weight excluding hydrogens is 264 g/mol. The predicted molar refractivity (Wildman–Crippen MR) is 72.0 cm³/mol. The van der Waals surface area contributed by atoms with E-state index in [0.717, 1.165) is 24.8 Å². The number of carbonyl (C=O) groups excluding carboxylic acids is 1. The summed E-state index contributed by atoms with van der Waals surface area (Å²) in [5.74, 6) is 0.171. The Morgan fingerprint density at radius 3 is 3.16 bits per heavy atom. The second-order valence-electron chi connectivity index (χ2n) is 5.16. The molecule has 3 rings (SSSR count). The van der Waals surface area contributed by atoms with Crippen molar-refractivity contribution < 1.29 is 9.53 Å². The van der Waals surface area contributed by atoms with E-state index in [9.17, 15) is 4.79 Å². The summed E-state index contributed by atoms with van der Waals surface area (Å²) in [6.07, 6.45) is 5.62. The largest absolute Gasteiger partial charge is 0.374 e. The summed E-state index contributed by atoms with van der Waals surface area (Å²) in [5, 5.41) is 0.457. The molecule has 4 nitrogen and oxygen atoms in total. The van der Waals surface area contributed by atoms with Crippen LogP contribution in [0.4, 0.5) is 0 Å². The van der Waals surface area contributed by atoms with E-state index in [1.165, 1.54) is 0 Å². The number of amides is 1. The van der Waals surface area contributed by atoms with Crippen LogP contribution in [0.15, 0.2) is 18.3 Å². The highest BCUT2D eigenvalue weighted by Gasteiger charge is 2.38. The predicted octanol–water partition coefficient (Wildman–Crippen LogP) is 2.06. The van der Waals surface area contributed by atoms with Gasteiger partial charge in [0.2, 0.25) is 5.91 Å². The van der Waals surface area contributed by atoms with Crippen molar-refractivity contribution in [2.45, 2.75) is 37.8 Å². The number of carbonyl (C=O) groups is 1. The van der Waals surface area contributed by atoms with Gasteiger partial charge in [-0.15, -0.1) is 0 Å². The van der Waals surface area contributed by atoms with E-state index in [1.54, 1.807) is 12.3 Å². The summed E-state index contributed by atoms with van der Waals surface area (Å²) in [6.45, 7) is 1.37. The van der Waals surface area contributed by atoms with Gasteiger partial charge in [-0.3, -0.25) is 4.79 Å². The normalized spacial score (nSPS) is 26.3. The number of fused-ring (bicyclic) bond motifs is 1. The molecule has 0 N–H and O–H groups in total. The van der Waals surface area contributed by atoms with E-state index in [4.69, 9.17) is 16.3 Å². The quantitative estimate of drug-likeness (QED) is 0.779. The van der Waals surface area contributed by atoms with Crippen LogP contribution in [-0.2, 0) is 16.0 Å². The van der Waals surface area contributed by atoms with Crippen LogP contribution < -0.4 is 0 Å². The first kappa shape index (κ1) is 12.9. The van der Waals surface area contributed by atoms with Gasteiger partial charge in [0.05, 0.1) is 25.2 Å². The van der Waals surface area contributed by atoms with Crippen LogP contribution in [0.25, 0.3) is 0 Å². The first-order valence-electron chi connectivity index (χ1n) is 6.75. The summed E-state index contributed by atoms with van der Waals surface area (Å²) in [4.78, 5) is 18.4. The zero-order valence-electron chi connectivity index (χ0n) is 10.7. The van der Waals surface area contributed by atoms with Crippen molar-refractivity contribution in [2.75, 3.05) is 13.2 Å². The van der Waals surface area contributed by atoms with Crippen LogP contribution in [0.3, 0.4) is 0 Å². The maximum atomic E-state index is 12.4. The van der Waals surface area contributed by atoms with E-state index in [-0.39, 0.29) is 18.1 Å². The zero-order valence-corrected chi connectivity index (χ0v) is 11.5. The Morgan fingerprint density at radius 1 is 1.47 bits per heavy atom. The molecule has 1 aromatic heterocycles. The number of hydrogen-bond donors (Lipinski definition) is 0. The van der Waals surface area contributed by atoms with Gasteiger partial charge in [0.25, 0.3) is 0 Å². The monoisotopic (exact) mass is 280 g/mol. The van der Waals surface area contributed by atoms with Crippen molar-refractivity contribution in [3.63, 3.8) is 0 Å². The van der Waals surface area contributed by atoms with Crippen LogP contribution in [0.1, 0.15) is 24.8 Å². The van der Waals surface area contributed by atoms with Gasteiger partial charge in [-0.25, -0.2) is 4.98 Å². The summed E-state index contributed by atoms with van der Waals surface area (Å²) in [6, 6.07) is 3.86. The summed E-state index contributed by atoms with van der Waals surface area (Å²) in [5.41, 5.74) is 0.912. The first-order chi connectivity index (χ1) is 9.24. The van der Waals surface area contributed by atoms with Crippen LogP contribution in [0.5, 0.6) is 0 Å². The Kier molecular flexibility index (Phi) is 3.71. The van der Waals surface area contributed by atoms with Gasteiger partial charge in [-0.1, -0.05) is 17.7 Å². The summed E-state index contributed by atoms with van der Waals surface area (Å²) in [7, 11) is 0. The van der Waals surface area contributed by atoms with Gasteiger partial charge in [0.15, 0.2) is 0 Å². The summed E-state index contributed by atoms with van der Waals surface area (Å²) < 4.78 is 5.72. The minimum atomic E-state index is 0.171. The van der Waals surface area contributed by atoms with Crippen LogP contribution in [0.2, 0.25) is 5.15 Å². The van der Waals surface area contributed by atoms with Crippen molar-refractivity contribution >= 4 is 17.5 Å². The molecule has 0 spiro atoms. The molecule has 2 aliphatic rings. The molecule has 0 bridgehead atoms. The van der Waals surface area contributed by atoms with Gasteiger partial charge in [-0.2, -0.15) is 0 Å². The van der Waals surface area contributed by atoms with E-state index < -0.39 is 0 Å². The third-order valence-corrected chi connectivity index (χ3v) is 4.17. The topological polar surface area (TPSA) is 42.4 Å². The van der Waals surface area contributed by atoms with Crippen molar-refractivity contribution in [1.82, 2.24) is 9.88 Å². The highest BCUT2D eigenvalue weighted by molar-refractivity contribution is 6.29. The zero-order chi connectivity index (χ0) is 13.2. The smallest absolute Gasteiger partial charge is 0.227 e. The highest BCUT2D eigenvalue weighted by atomic mass is 35.5. The second kappa shape index (κ2) is 5.47. The molecule has 1 amide bonds. The van der Waals surface area contributed by atoms with Gasteiger partial charge < -0.3 is 9.64 Å². The molecule has 2 atom stereocenters. The van der Waals surface area contributed by atoms with Gasteiger partial charge in [0.1, 0.15) is 5.15 Å². The molecule has 0 radical (unpaired) electrons.